The van der Waals surface area contributed by atoms with E-state index in [1.54, 1.807) is 29.2 Å². The molecule has 1 amide bonds. The van der Waals surface area contributed by atoms with Gasteiger partial charge in [0.25, 0.3) is 0 Å². The quantitative estimate of drug-likeness (QED) is 0.464. The van der Waals surface area contributed by atoms with Gasteiger partial charge in [-0.2, -0.15) is 10.2 Å². The Bertz CT molecular complexity index is 1210. The summed E-state index contributed by atoms with van der Waals surface area (Å²) in [5.41, 5.74) is 4.05. The SMILES string of the molecule is CCn1ncc(Br)c1CNC(=O)Cn1nc(C)c2c(-c3ccc(F)cc3)ccnc21. The maximum atomic E-state index is 13.3. The first-order valence-electron chi connectivity index (χ1n) is 9.53. The lowest BCUT2D eigenvalue weighted by atomic mass is 10.0. The molecule has 1 N–H and O–H groups in total. The third-order valence-electron chi connectivity index (χ3n) is 4.91. The van der Waals surface area contributed by atoms with Crippen LogP contribution in [0.3, 0.4) is 0 Å². The van der Waals surface area contributed by atoms with Crippen molar-refractivity contribution in [1.82, 2.24) is 29.9 Å². The molecule has 7 nitrogen and oxygen atoms in total. The van der Waals surface area contributed by atoms with E-state index in [4.69, 9.17) is 0 Å². The third-order valence-corrected chi connectivity index (χ3v) is 5.57. The third kappa shape index (κ3) is 3.85. The first-order chi connectivity index (χ1) is 14.5. The molecule has 0 aliphatic rings. The molecule has 3 heterocycles. The molecule has 1 aromatic carbocycles. The van der Waals surface area contributed by atoms with E-state index in [0.29, 0.717) is 12.2 Å². The molecule has 0 atom stereocenters. The second-order valence-electron chi connectivity index (χ2n) is 6.84. The zero-order chi connectivity index (χ0) is 21.3. The molecule has 0 radical (unpaired) electrons. The van der Waals surface area contributed by atoms with Gasteiger partial charge in [0.05, 0.1) is 28.6 Å². The number of hydrogen-bond acceptors (Lipinski definition) is 4. The second-order valence-corrected chi connectivity index (χ2v) is 7.69. The summed E-state index contributed by atoms with van der Waals surface area (Å²) < 4.78 is 17.6. The number of carbonyl (C=O) groups is 1. The van der Waals surface area contributed by atoms with E-state index >= 15 is 0 Å². The highest BCUT2D eigenvalue weighted by Gasteiger charge is 2.16. The molecule has 0 bridgehead atoms. The molecule has 4 aromatic rings. The van der Waals surface area contributed by atoms with Gasteiger partial charge in [-0.3, -0.25) is 9.48 Å². The minimum atomic E-state index is -0.288. The summed E-state index contributed by atoms with van der Waals surface area (Å²) in [5.74, 6) is -0.465. The predicted octanol–water partition coefficient (Wildman–Crippen LogP) is 3.84. The Morgan fingerprint density at radius 1 is 1.20 bits per heavy atom. The van der Waals surface area contributed by atoms with E-state index in [1.165, 1.54) is 12.1 Å². The molecule has 0 saturated heterocycles. The van der Waals surface area contributed by atoms with Gasteiger partial charge in [0.15, 0.2) is 5.65 Å². The number of benzene rings is 1. The van der Waals surface area contributed by atoms with Crippen LogP contribution in [0.1, 0.15) is 18.3 Å². The minimum Gasteiger partial charge on any atom is -0.349 e. The molecule has 0 aliphatic heterocycles. The fraction of sp³-hybridized carbons (Fsp3) is 0.238. The monoisotopic (exact) mass is 470 g/mol. The van der Waals surface area contributed by atoms with Crippen molar-refractivity contribution in [2.45, 2.75) is 33.5 Å². The standard InChI is InChI=1S/C21H20BrFN6O/c1-3-28-18(17(22)10-26-28)11-25-19(30)12-29-21-20(13(2)27-29)16(8-9-24-21)14-4-6-15(23)7-5-14/h4-10H,3,11-12H2,1-2H3,(H,25,30). The summed E-state index contributed by atoms with van der Waals surface area (Å²) in [6.07, 6.45) is 3.39. The normalized spacial score (nSPS) is 11.2. The Kier molecular flexibility index (Phi) is 5.63. The summed E-state index contributed by atoms with van der Waals surface area (Å²) in [4.78, 5) is 17.0. The van der Waals surface area contributed by atoms with Gasteiger partial charge in [-0.25, -0.2) is 14.1 Å². The van der Waals surface area contributed by atoms with E-state index in [0.717, 1.165) is 38.9 Å². The average molecular weight is 471 g/mol. The Morgan fingerprint density at radius 3 is 2.70 bits per heavy atom. The molecule has 4 rings (SSSR count). The van der Waals surface area contributed by atoms with Crippen LogP contribution in [0.5, 0.6) is 0 Å². The highest BCUT2D eigenvalue weighted by molar-refractivity contribution is 9.10. The smallest absolute Gasteiger partial charge is 0.242 e. The second kappa shape index (κ2) is 8.35. The summed E-state index contributed by atoms with van der Waals surface area (Å²) in [6.45, 7) is 4.99. The number of fused-ring (bicyclic) bond motifs is 1. The molecule has 0 fully saturated rings. The highest BCUT2D eigenvalue weighted by Crippen LogP contribution is 2.29. The summed E-state index contributed by atoms with van der Waals surface area (Å²) in [5, 5.41) is 12.5. The van der Waals surface area contributed by atoms with Crippen LogP contribution in [0, 0.1) is 12.7 Å². The van der Waals surface area contributed by atoms with E-state index in [-0.39, 0.29) is 18.3 Å². The van der Waals surface area contributed by atoms with Crippen molar-refractivity contribution in [2.75, 3.05) is 0 Å². The van der Waals surface area contributed by atoms with Crippen LogP contribution in [0.4, 0.5) is 4.39 Å². The lowest BCUT2D eigenvalue weighted by Gasteiger charge is -2.09. The molecule has 0 unspecified atom stereocenters. The van der Waals surface area contributed by atoms with Crippen LogP contribution in [0.2, 0.25) is 0 Å². The lowest BCUT2D eigenvalue weighted by Crippen LogP contribution is -2.28. The van der Waals surface area contributed by atoms with Gasteiger partial charge in [-0.15, -0.1) is 0 Å². The van der Waals surface area contributed by atoms with Crippen molar-refractivity contribution in [3.05, 3.63) is 64.4 Å². The summed E-state index contributed by atoms with van der Waals surface area (Å²) >= 11 is 3.46. The van der Waals surface area contributed by atoms with Gasteiger partial charge in [0.2, 0.25) is 5.91 Å². The van der Waals surface area contributed by atoms with Crippen molar-refractivity contribution < 1.29 is 9.18 Å². The Balaban J connectivity index is 1.58. The van der Waals surface area contributed by atoms with Gasteiger partial charge < -0.3 is 5.32 Å². The number of halogens is 2. The van der Waals surface area contributed by atoms with Crippen molar-refractivity contribution >= 4 is 32.9 Å². The van der Waals surface area contributed by atoms with Gasteiger partial charge in [0, 0.05) is 18.1 Å². The van der Waals surface area contributed by atoms with E-state index in [2.05, 4.69) is 36.4 Å². The highest BCUT2D eigenvalue weighted by atomic mass is 79.9. The summed E-state index contributed by atoms with van der Waals surface area (Å²) in [7, 11) is 0. The molecule has 0 saturated carbocycles. The number of rotatable bonds is 6. The fourth-order valence-corrected chi connectivity index (χ4v) is 3.91. The van der Waals surface area contributed by atoms with Gasteiger partial charge >= 0.3 is 0 Å². The summed E-state index contributed by atoms with van der Waals surface area (Å²) in [6, 6.07) is 8.17. The number of carbonyl (C=O) groups excluding carboxylic acids is 1. The van der Waals surface area contributed by atoms with Gasteiger partial charge in [-0.05, 0) is 59.1 Å². The number of pyridine rings is 1. The zero-order valence-corrected chi connectivity index (χ0v) is 18.1. The topological polar surface area (TPSA) is 77.6 Å². The Morgan fingerprint density at radius 2 is 1.97 bits per heavy atom. The zero-order valence-electron chi connectivity index (χ0n) is 16.6. The maximum Gasteiger partial charge on any atom is 0.242 e. The first-order valence-corrected chi connectivity index (χ1v) is 10.3. The molecule has 0 spiro atoms. The van der Waals surface area contributed by atoms with Crippen LogP contribution in [0.25, 0.3) is 22.2 Å². The molecule has 3 aromatic heterocycles. The fourth-order valence-electron chi connectivity index (χ4n) is 3.47. The van der Waals surface area contributed by atoms with Crippen LogP contribution in [0.15, 0.2) is 47.2 Å². The van der Waals surface area contributed by atoms with E-state index in [1.807, 2.05) is 24.6 Å². The lowest BCUT2D eigenvalue weighted by molar-refractivity contribution is -0.122. The van der Waals surface area contributed by atoms with Crippen LogP contribution < -0.4 is 5.32 Å². The molecular weight excluding hydrogens is 451 g/mol. The van der Waals surface area contributed by atoms with Crippen LogP contribution >= 0.6 is 15.9 Å². The van der Waals surface area contributed by atoms with E-state index < -0.39 is 0 Å². The number of amides is 1. The minimum absolute atomic E-state index is 0.0437. The van der Waals surface area contributed by atoms with Crippen molar-refractivity contribution in [2.24, 2.45) is 0 Å². The van der Waals surface area contributed by atoms with Gasteiger partial charge in [-0.1, -0.05) is 12.1 Å². The van der Waals surface area contributed by atoms with Crippen molar-refractivity contribution in [3.63, 3.8) is 0 Å². The molecule has 30 heavy (non-hydrogen) atoms. The number of nitrogens with zero attached hydrogens (tertiary/aromatic N) is 5. The largest absolute Gasteiger partial charge is 0.349 e. The predicted molar refractivity (Wildman–Crippen MR) is 115 cm³/mol. The van der Waals surface area contributed by atoms with Crippen LogP contribution in [-0.2, 0) is 24.4 Å². The molecular formula is C21H20BrFN6O. The maximum absolute atomic E-state index is 13.3. The molecule has 0 aliphatic carbocycles. The Labute approximate surface area is 181 Å². The van der Waals surface area contributed by atoms with Crippen molar-refractivity contribution in [1.29, 1.82) is 0 Å². The van der Waals surface area contributed by atoms with Crippen molar-refractivity contribution in [3.8, 4) is 11.1 Å². The number of aryl methyl sites for hydroxylation is 2. The van der Waals surface area contributed by atoms with Crippen LogP contribution in [-0.4, -0.2) is 30.5 Å². The van der Waals surface area contributed by atoms with E-state index in [9.17, 15) is 9.18 Å². The first kappa shape index (κ1) is 20.2. The van der Waals surface area contributed by atoms with Gasteiger partial charge in [0.1, 0.15) is 12.4 Å². The Hall–Kier alpha value is -3.07. The number of aromatic nitrogens is 5. The number of nitrogens with one attached hydrogen (secondary N) is 1. The number of hydrogen-bond donors (Lipinski definition) is 1. The molecule has 9 heteroatoms. The molecule has 154 valence electrons. The average Bonchev–Trinajstić information content (AvgIpc) is 3.26.